The molecular formula is C47H28N4S. The van der Waals surface area contributed by atoms with Crippen molar-refractivity contribution >= 4 is 74.9 Å². The van der Waals surface area contributed by atoms with Gasteiger partial charge < -0.3 is 4.57 Å². The molecule has 0 saturated heterocycles. The minimum atomic E-state index is 0.659. The molecule has 4 nitrogen and oxygen atoms in total. The molecule has 0 radical (unpaired) electrons. The minimum absolute atomic E-state index is 0.659. The Labute approximate surface area is 302 Å². The lowest BCUT2D eigenvalue weighted by Crippen LogP contribution is -2.00. The number of nitrogens with zero attached hydrogens (tertiary/aromatic N) is 4. The van der Waals surface area contributed by atoms with Crippen LogP contribution in [0.5, 0.6) is 0 Å². The Morgan fingerprint density at radius 3 is 1.98 bits per heavy atom. The molecule has 8 aromatic carbocycles. The van der Waals surface area contributed by atoms with Crippen LogP contribution >= 0.6 is 11.3 Å². The molecule has 242 valence electrons. The van der Waals surface area contributed by atoms with Crippen LogP contribution in [-0.2, 0) is 0 Å². The van der Waals surface area contributed by atoms with Crippen molar-refractivity contribution in [2.24, 2.45) is 0 Å². The Bertz CT molecular complexity index is 3190. The highest BCUT2D eigenvalue weighted by atomic mass is 32.1. The number of thiophene rings is 1. The van der Waals surface area contributed by atoms with Gasteiger partial charge >= 0.3 is 0 Å². The van der Waals surface area contributed by atoms with E-state index in [2.05, 4.69) is 156 Å². The van der Waals surface area contributed by atoms with Crippen molar-refractivity contribution in [2.75, 3.05) is 0 Å². The normalized spacial score (nSPS) is 11.8. The second-order valence-electron chi connectivity index (χ2n) is 13.2. The van der Waals surface area contributed by atoms with Crippen molar-refractivity contribution in [2.45, 2.75) is 0 Å². The first kappa shape index (κ1) is 29.1. The largest absolute Gasteiger partial charge is 0.309 e. The minimum Gasteiger partial charge on any atom is -0.309 e. The van der Waals surface area contributed by atoms with E-state index in [1.165, 1.54) is 52.8 Å². The summed E-state index contributed by atoms with van der Waals surface area (Å²) in [6.07, 6.45) is 0. The summed E-state index contributed by atoms with van der Waals surface area (Å²) in [5.74, 6) is 1.99. The van der Waals surface area contributed by atoms with E-state index in [4.69, 9.17) is 15.0 Å². The van der Waals surface area contributed by atoms with Crippen LogP contribution in [0.15, 0.2) is 170 Å². The lowest BCUT2D eigenvalue weighted by Gasteiger charge is -2.10. The van der Waals surface area contributed by atoms with E-state index in [0.717, 1.165) is 33.2 Å². The van der Waals surface area contributed by atoms with Crippen molar-refractivity contribution in [3.05, 3.63) is 170 Å². The molecule has 0 aliphatic heterocycles. The maximum atomic E-state index is 5.17. The van der Waals surface area contributed by atoms with Crippen molar-refractivity contribution in [3.63, 3.8) is 0 Å². The zero-order valence-electron chi connectivity index (χ0n) is 27.9. The highest BCUT2D eigenvalue weighted by Gasteiger charge is 2.19. The van der Waals surface area contributed by atoms with Gasteiger partial charge in [0, 0.05) is 53.3 Å². The van der Waals surface area contributed by atoms with Gasteiger partial charge in [0.1, 0.15) is 0 Å². The first-order valence-corrected chi connectivity index (χ1v) is 18.3. The molecular weight excluding hydrogens is 653 g/mol. The molecule has 0 spiro atoms. The number of benzene rings is 8. The van der Waals surface area contributed by atoms with Gasteiger partial charge in [0.2, 0.25) is 0 Å². The SMILES string of the molecule is c1ccc(-c2nc(-c3ccc4ccccc4c3)nc(-c3cccc4sc5cc(-n6c7ccccc7c7c8ccccc8ccc76)ccc5c34)n2)cc1. The predicted octanol–water partition coefficient (Wildman–Crippen LogP) is 12.6. The van der Waals surface area contributed by atoms with Gasteiger partial charge in [-0.15, -0.1) is 11.3 Å². The van der Waals surface area contributed by atoms with Crippen molar-refractivity contribution in [1.29, 1.82) is 0 Å². The molecule has 11 rings (SSSR count). The molecule has 0 aliphatic rings. The maximum absolute atomic E-state index is 5.17. The number of rotatable bonds is 4. The van der Waals surface area contributed by atoms with E-state index in [0.29, 0.717) is 17.5 Å². The van der Waals surface area contributed by atoms with Crippen LogP contribution in [0.2, 0.25) is 0 Å². The summed E-state index contributed by atoms with van der Waals surface area (Å²) >= 11 is 1.81. The molecule has 0 aliphatic carbocycles. The van der Waals surface area contributed by atoms with Crippen molar-refractivity contribution in [3.8, 4) is 39.9 Å². The Morgan fingerprint density at radius 2 is 1.10 bits per heavy atom. The van der Waals surface area contributed by atoms with Crippen LogP contribution in [0.3, 0.4) is 0 Å². The quantitative estimate of drug-likeness (QED) is 0.186. The molecule has 52 heavy (non-hydrogen) atoms. The van der Waals surface area contributed by atoms with E-state index in [1.54, 1.807) is 0 Å². The van der Waals surface area contributed by atoms with Gasteiger partial charge in [0.05, 0.1) is 11.0 Å². The van der Waals surface area contributed by atoms with Gasteiger partial charge in [0.25, 0.3) is 0 Å². The monoisotopic (exact) mass is 680 g/mol. The summed E-state index contributed by atoms with van der Waals surface area (Å²) in [4.78, 5) is 15.3. The van der Waals surface area contributed by atoms with E-state index < -0.39 is 0 Å². The van der Waals surface area contributed by atoms with E-state index in [1.807, 2.05) is 29.5 Å². The van der Waals surface area contributed by atoms with Gasteiger partial charge in [-0.2, -0.15) is 0 Å². The van der Waals surface area contributed by atoms with Crippen LogP contribution in [0.4, 0.5) is 0 Å². The van der Waals surface area contributed by atoms with Gasteiger partial charge in [-0.05, 0) is 57.9 Å². The number of fused-ring (bicyclic) bond motifs is 9. The molecule has 11 aromatic rings. The molecule has 0 atom stereocenters. The standard InChI is InChI=1S/C47H28N4S/c1-2-13-31(14-3-1)45-48-46(33-22-21-29-11-4-5-15-32(29)27-33)50-47(49-45)38-18-10-20-41-44(38)37-25-24-34(28-42(37)52-41)51-39-19-9-8-17-36(39)43-35-16-7-6-12-30(35)23-26-40(43)51/h1-28H. The third kappa shape index (κ3) is 4.50. The van der Waals surface area contributed by atoms with Gasteiger partial charge in [0.15, 0.2) is 17.5 Å². The molecule has 3 heterocycles. The molecule has 0 bridgehead atoms. The highest BCUT2D eigenvalue weighted by Crippen LogP contribution is 2.42. The molecule has 0 saturated carbocycles. The summed E-state index contributed by atoms with van der Waals surface area (Å²) in [5, 5.41) is 9.78. The summed E-state index contributed by atoms with van der Waals surface area (Å²) in [6.45, 7) is 0. The van der Waals surface area contributed by atoms with Gasteiger partial charge in [-0.25, -0.2) is 15.0 Å². The number of hydrogen-bond donors (Lipinski definition) is 0. The average molecular weight is 681 g/mol. The fourth-order valence-corrected chi connectivity index (χ4v) is 8.99. The van der Waals surface area contributed by atoms with E-state index in [-0.39, 0.29) is 0 Å². The zero-order chi connectivity index (χ0) is 34.2. The number of hydrogen-bond acceptors (Lipinski definition) is 4. The lowest BCUT2D eigenvalue weighted by atomic mass is 10.0. The Hall–Kier alpha value is -6.69. The summed E-state index contributed by atoms with van der Waals surface area (Å²) in [5.41, 5.74) is 6.48. The zero-order valence-corrected chi connectivity index (χ0v) is 28.7. The molecule has 0 unspecified atom stereocenters. The number of para-hydroxylation sites is 1. The second kappa shape index (κ2) is 11.4. The topological polar surface area (TPSA) is 43.6 Å². The smallest absolute Gasteiger partial charge is 0.164 e. The molecule has 0 N–H and O–H groups in total. The molecule has 3 aromatic heterocycles. The molecule has 0 fully saturated rings. The third-order valence-corrected chi connectivity index (χ3v) is 11.3. The van der Waals surface area contributed by atoms with E-state index >= 15 is 0 Å². The van der Waals surface area contributed by atoms with Crippen molar-refractivity contribution < 1.29 is 0 Å². The maximum Gasteiger partial charge on any atom is 0.164 e. The van der Waals surface area contributed by atoms with Crippen LogP contribution in [0.25, 0.3) is 103 Å². The third-order valence-electron chi connectivity index (χ3n) is 10.2. The van der Waals surface area contributed by atoms with Crippen molar-refractivity contribution in [1.82, 2.24) is 19.5 Å². The lowest BCUT2D eigenvalue weighted by molar-refractivity contribution is 1.08. The van der Waals surface area contributed by atoms with Crippen LogP contribution in [-0.4, -0.2) is 19.5 Å². The Kier molecular flexibility index (Phi) is 6.39. The van der Waals surface area contributed by atoms with Gasteiger partial charge in [-0.3, -0.25) is 0 Å². The van der Waals surface area contributed by atoms with Crippen LogP contribution < -0.4 is 0 Å². The van der Waals surface area contributed by atoms with Crippen LogP contribution in [0, 0.1) is 0 Å². The second-order valence-corrected chi connectivity index (χ2v) is 14.3. The predicted molar refractivity (Wildman–Crippen MR) is 218 cm³/mol. The Balaban J connectivity index is 1.12. The highest BCUT2D eigenvalue weighted by molar-refractivity contribution is 7.26. The first-order chi connectivity index (χ1) is 25.8. The molecule has 0 amide bonds. The Morgan fingerprint density at radius 1 is 0.385 bits per heavy atom. The van der Waals surface area contributed by atoms with Gasteiger partial charge in [-0.1, -0.05) is 133 Å². The van der Waals surface area contributed by atoms with E-state index in [9.17, 15) is 0 Å². The molecule has 5 heteroatoms. The fourth-order valence-electron chi connectivity index (χ4n) is 7.83. The average Bonchev–Trinajstić information content (AvgIpc) is 3.76. The van der Waals surface area contributed by atoms with Crippen LogP contribution in [0.1, 0.15) is 0 Å². The fraction of sp³-hybridized carbons (Fsp3) is 0. The summed E-state index contributed by atoms with van der Waals surface area (Å²) in [7, 11) is 0. The number of aromatic nitrogens is 4. The summed E-state index contributed by atoms with van der Waals surface area (Å²) in [6, 6.07) is 60.3. The summed E-state index contributed by atoms with van der Waals surface area (Å²) < 4.78 is 4.83. The first-order valence-electron chi connectivity index (χ1n) is 17.4.